The average molecular weight is 398 g/mol. The molecule has 1 N–H and O–H groups in total. The Labute approximate surface area is 163 Å². The van der Waals surface area contributed by atoms with Crippen molar-refractivity contribution in [3.8, 4) is 0 Å². The van der Waals surface area contributed by atoms with Crippen molar-refractivity contribution in [1.82, 2.24) is 5.01 Å². The highest BCUT2D eigenvalue weighted by atomic mass is 19.1. The van der Waals surface area contributed by atoms with Crippen LogP contribution >= 0.6 is 0 Å². The van der Waals surface area contributed by atoms with Crippen molar-refractivity contribution in [2.24, 2.45) is 5.10 Å². The van der Waals surface area contributed by atoms with E-state index in [4.69, 9.17) is 8.83 Å². The lowest BCUT2D eigenvalue weighted by Crippen LogP contribution is -2.32. The van der Waals surface area contributed by atoms with Gasteiger partial charge in [0.2, 0.25) is 5.82 Å². The molecule has 1 unspecified atom stereocenters. The van der Waals surface area contributed by atoms with E-state index in [0.29, 0.717) is 23.7 Å². The largest absolute Gasteiger partial charge is 0.467 e. The normalized spacial score (nSPS) is 16.0. The van der Waals surface area contributed by atoms with Gasteiger partial charge in [0.1, 0.15) is 23.3 Å². The van der Waals surface area contributed by atoms with E-state index in [1.165, 1.54) is 23.6 Å². The third kappa shape index (κ3) is 3.72. The molecule has 9 nitrogen and oxygen atoms in total. The molecule has 3 heterocycles. The van der Waals surface area contributed by atoms with Gasteiger partial charge in [-0.2, -0.15) is 9.49 Å². The zero-order valence-electron chi connectivity index (χ0n) is 14.9. The van der Waals surface area contributed by atoms with Gasteiger partial charge in [0.15, 0.2) is 0 Å². The monoisotopic (exact) mass is 398 g/mol. The second-order valence-electron chi connectivity index (χ2n) is 6.27. The summed E-state index contributed by atoms with van der Waals surface area (Å²) >= 11 is 0. The van der Waals surface area contributed by atoms with E-state index in [1.807, 2.05) is 0 Å². The van der Waals surface area contributed by atoms with Crippen LogP contribution in [0.3, 0.4) is 0 Å². The molecule has 1 amide bonds. The Morgan fingerprint density at radius 2 is 2.07 bits per heavy atom. The first kappa shape index (κ1) is 18.4. The molecule has 3 aromatic rings. The van der Waals surface area contributed by atoms with Crippen LogP contribution in [0.5, 0.6) is 0 Å². The van der Waals surface area contributed by atoms with Gasteiger partial charge in [-0.3, -0.25) is 14.9 Å². The Morgan fingerprint density at radius 3 is 2.76 bits per heavy atom. The molecular formula is C19H15FN4O5. The number of benzene rings is 1. The van der Waals surface area contributed by atoms with Crippen LogP contribution in [-0.4, -0.2) is 28.1 Å². The van der Waals surface area contributed by atoms with Crippen molar-refractivity contribution in [3.05, 3.63) is 82.4 Å². The number of rotatable bonds is 6. The number of halogens is 1. The highest BCUT2D eigenvalue weighted by Gasteiger charge is 2.35. The number of hydrazone groups is 1. The molecule has 4 rings (SSSR count). The number of furan rings is 2. The van der Waals surface area contributed by atoms with Crippen molar-refractivity contribution in [1.29, 1.82) is 0 Å². The maximum absolute atomic E-state index is 13.5. The van der Waals surface area contributed by atoms with Crippen LogP contribution in [0.1, 0.15) is 24.0 Å². The average Bonchev–Trinajstić information content (AvgIpc) is 3.47. The quantitative estimate of drug-likeness (QED) is 0.500. The van der Waals surface area contributed by atoms with Crippen molar-refractivity contribution < 1.29 is 22.9 Å². The number of nitro groups is 1. The number of hydrogen-bond acceptors (Lipinski definition) is 7. The fourth-order valence-electron chi connectivity index (χ4n) is 3.06. The van der Waals surface area contributed by atoms with Gasteiger partial charge in [0.25, 0.3) is 5.91 Å². The summed E-state index contributed by atoms with van der Waals surface area (Å²) in [5.74, 6) is -0.211. The molecule has 0 saturated heterocycles. The zero-order chi connectivity index (χ0) is 20.4. The van der Waals surface area contributed by atoms with E-state index in [0.717, 1.165) is 12.1 Å². The van der Waals surface area contributed by atoms with Gasteiger partial charge >= 0.3 is 5.69 Å². The van der Waals surface area contributed by atoms with E-state index in [-0.39, 0.29) is 18.1 Å². The summed E-state index contributed by atoms with van der Waals surface area (Å²) in [5, 5.41) is 19.3. The molecule has 1 atom stereocenters. The molecule has 148 valence electrons. The van der Waals surface area contributed by atoms with E-state index >= 15 is 0 Å². The topological polar surface area (TPSA) is 114 Å². The summed E-state index contributed by atoms with van der Waals surface area (Å²) < 4.78 is 24.3. The third-order valence-electron chi connectivity index (χ3n) is 4.43. The molecule has 0 saturated carbocycles. The maximum atomic E-state index is 13.5. The van der Waals surface area contributed by atoms with Gasteiger partial charge in [-0.05, 0) is 36.4 Å². The SMILES string of the molecule is O=C(CNc1ccc(F)c([N+](=O)[O-])c1)N1N=C(c2ccco2)CC1c1ccco1. The number of hydrogen-bond donors (Lipinski definition) is 1. The van der Waals surface area contributed by atoms with Crippen molar-refractivity contribution in [2.75, 3.05) is 11.9 Å². The second kappa shape index (κ2) is 7.58. The lowest BCUT2D eigenvalue weighted by molar-refractivity contribution is -0.387. The standard InChI is InChI=1S/C19H15FN4O5/c20-13-6-5-12(9-15(13)24(26)27)21-11-19(25)23-16(18-4-2-8-29-18)10-14(22-23)17-3-1-7-28-17/h1-9,16,21H,10-11H2. The van der Waals surface area contributed by atoms with E-state index in [2.05, 4.69) is 10.4 Å². The molecular weight excluding hydrogens is 383 g/mol. The Balaban J connectivity index is 1.52. The van der Waals surface area contributed by atoms with Crippen LogP contribution in [0.15, 0.2) is 68.9 Å². The third-order valence-corrected chi connectivity index (χ3v) is 4.43. The van der Waals surface area contributed by atoms with E-state index in [9.17, 15) is 19.3 Å². The Hall–Kier alpha value is -3.95. The minimum Gasteiger partial charge on any atom is -0.467 e. The van der Waals surface area contributed by atoms with Crippen LogP contribution in [0.25, 0.3) is 0 Å². The predicted octanol–water partition coefficient (Wildman–Crippen LogP) is 3.71. The number of carbonyl (C=O) groups excluding carboxylic acids is 1. The molecule has 1 aliphatic heterocycles. The predicted molar refractivity (Wildman–Crippen MR) is 99.7 cm³/mol. The molecule has 29 heavy (non-hydrogen) atoms. The molecule has 0 bridgehead atoms. The highest BCUT2D eigenvalue weighted by molar-refractivity contribution is 6.01. The highest BCUT2D eigenvalue weighted by Crippen LogP contribution is 2.33. The fourth-order valence-corrected chi connectivity index (χ4v) is 3.06. The first-order valence-electron chi connectivity index (χ1n) is 8.67. The van der Waals surface area contributed by atoms with Gasteiger partial charge in [-0.25, -0.2) is 5.01 Å². The van der Waals surface area contributed by atoms with E-state index < -0.39 is 22.5 Å². The lowest BCUT2D eigenvalue weighted by Gasteiger charge is -2.20. The van der Waals surface area contributed by atoms with Gasteiger partial charge in [-0.15, -0.1) is 0 Å². The molecule has 0 fully saturated rings. The first-order valence-corrected chi connectivity index (χ1v) is 8.67. The molecule has 0 radical (unpaired) electrons. The fraction of sp³-hybridized carbons (Fsp3) is 0.158. The smallest absolute Gasteiger partial charge is 0.306 e. The molecule has 2 aromatic heterocycles. The van der Waals surface area contributed by atoms with Crippen LogP contribution in [0.2, 0.25) is 0 Å². The van der Waals surface area contributed by atoms with Crippen molar-refractivity contribution >= 4 is 23.0 Å². The molecule has 1 aromatic carbocycles. The number of amides is 1. The zero-order valence-corrected chi connectivity index (χ0v) is 14.9. The Kier molecular flexibility index (Phi) is 4.82. The molecule has 0 aliphatic carbocycles. The maximum Gasteiger partial charge on any atom is 0.306 e. The summed E-state index contributed by atoms with van der Waals surface area (Å²) in [5.41, 5.74) is 0.174. The van der Waals surface area contributed by atoms with Crippen LogP contribution in [0, 0.1) is 15.9 Å². The number of carbonyl (C=O) groups is 1. The number of anilines is 1. The Bertz CT molecular complexity index is 1060. The Morgan fingerprint density at radius 1 is 1.28 bits per heavy atom. The van der Waals surface area contributed by atoms with Crippen LogP contribution in [0.4, 0.5) is 15.8 Å². The molecule has 10 heteroatoms. The van der Waals surface area contributed by atoms with Crippen molar-refractivity contribution in [2.45, 2.75) is 12.5 Å². The van der Waals surface area contributed by atoms with Crippen LogP contribution in [-0.2, 0) is 4.79 Å². The van der Waals surface area contributed by atoms with Gasteiger partial charge < -0.3 is 14.2 Å². The summed E-state index contributed by atoms with van der Waals surface area (Å²) in [6.45, 7) is -0.199. The summed E-state index contributed by atoms with van der Waals surface area (Å²) in [7, 11) is 0. The van der Waals surface area contributed by atoms with E-state index in [1.54, 1.807) is 24.3 Å². The van der Waals surface area contributed by atoms with Gasteiger partial charge in [0, 0.05) is 18.2 Å². The summed E-state index contributed by atoms with van der Waals surface area (Å²) in [4.78, 5) is 22.8. The number of nitro benzene ring substituents is 1. The van der Waals surface area contributed by atoms with Gasteiger partial charge in [-0.1, -0.05) is 0 Å². The summed E-state index contributed by atoms with van der Waals surface area (Å²) in [6, 6.07) is 9.84. The second-order valence-corrected chi connectivity index (χ2v) is 6.27. The minimum atomic E-state index is -0.947. The van der Waals surface area contributed by atoms with Crippen LogP contribution < -0.4 is 5.32 Å². The summed E-state index contributed by atoms with van der Waals surface area (Å²) in [6.07, 6.45) is 3.45. The van der Waals surface area contributed by atoms with Crippen molar-refractivity contribution in [3.63, 3.8) is 0 Å². The lowest BCUT2D eigenvalue weighted by atomic mass is 10.1. The number of nitrogens with zero attached hydrogens (tertiary/aromatic N) is 3. The number of nitrogens with one attached hydrogen (secondary N) is 1. The molecule has 0 spiro atoms. The first-order chi connectivity index (χ1) is 14.0. The molecule has 1 aliphatic rings. The van der Waals surface area contributed by atoms with Gasteiger partial charge in [0.05, 0.1) is 24.0 Å². The minimum absolute atomic E-state index is 0.199.